The number of rotatable bonds is 5. The van der Waals surface area contributed by atoms with Crippen LogP contribution in [0, 0.1) is 0 Å². The Morgan fingerprint density at radius 1 is 1.25 bits per heavy atom. The molecule has 5 heteroatoms. The summed E-state index contributed by atoms with van der Waals surface area (Å²) in [5.41, 5.74) is 0.424. The minimum atomic E-state index is -1.05. The average molecular weight is 273 g/mol. The molecule has 0 bridgehead atoms. The van der Waals surface area contributed by atoms with Crippen molar-refractivity contribution in [1.29, 1.82) is 0 Å². The van der Waals surface area contributed by atoms with E-state index in [2.05, 4.69) is 5.32 Å². The van der Waals surface area contributed by atoms with Crippen molar-refractivity contribution in [1.82, 2.24) is 5.32 Å². The van der Waals surface area contributed by atoms with Crippen LogP contribution in [0.15, 0.2) is 47.1 Å². The molecular weight excluding hydrogens is 258 g/mol. The van der Waals surface area contributed by atoms with Crippen LogP contribution in [-0.4, -0.2) is 23.0 Å². The number of carbonyl (C=O) groups is 2. The van der Waals surface area contributed by atoms with Gasteiger partial charge in [0.1, 0.15) is 5.76 Å². The predicted molar refractivity (Wildman–Crippen MR) is 72.7 cm³/mol. The van der Waals surface area contributed by atoms with Gasteiger partial charge in [0.15, 0.2) is 0 Å². The first-order valence-corrected chi connectivity index (χ1v) is 6.23. The van der Waals surface area contributed by atoms with Crippen molar-refractivity contribution in [2.75, 3.05) is 0 Å². The van der Waals surface area contributed by atoms with Crippen LogP contribution in [0.1, 0.15) is 33.4 Å². The smallest absolute Gasteiger partial charge is 0.335 e. The number of benzene rings is 1. The molecule has 1 aromatic heterocycles. The average Bonchev–Trinajstić information content (AvgIpc) is 2.91. The van der Waals surface area contributed by atoms with Gasteiger partial charge in [0.05, 0.1) is 11.8 Å². The van der Waals surface area contributed by atoms with Crippen molar-refractivity contribution in [2.45, 2.75) is 19.4 Å². The van der Waals surface area contributed by atoms with Gasteiger partial charge in [-0.2, -0.15) is 0 Å². The number of carboxylic acids is 1. The van der Waals surface area contributed by atoms with Crippen LogP contribution in [0.25, 0.3) is 0 Å². The number of nitrogens with one attached hydrogen (secondary N) is 1. The summed E-state index contributed by atoms with van der Waals surface area (Å²) >= 11 is 0. The summed E-state index contributed by atoms with van der Waals surface area (Å²) in [5.74, 6) is -0.562. The molecule has 0 fully saturated rings. The molecular formula is C15H15NO4. The number of carbonyl (C=O) groups excluding carboxylic acids is 1. The summed E-state index contributed by atoms with van der Waals surface area (Å²) in [4.78, 5) is 22.9. The molecule has 20 heavy (non-hydrogen) atoms. The number of hydrogen-bond acceptors (Lipinski definition) is 3. The summed E-state index contributed by atoms with van der Waals surface area (Å²) in [7, 11) is 0. The number of carboxylic acid groups (broad SMARTS) is 1. The van der Waals surface area contributed by atoms with Crippen LogP contribution in [0.4, 0.5) is 0 Å². The van der Waals surface area contributed by atoms with Gasteiger partial charge < -0.3 is 14.8 Å². The van der Waals surface area contributed by atoms with Gasteiger partial charge in [-0.3, -0.25) is 4.79 Å². The van der Waals surface area contributed by atoms with E-state index in [0.717, 1.165) is 5.76 Å². The molecule has 0 radical (unpaired) electrons. The zero-order valence-electron chi connectivity index (χ0n) is 11.0. The predicted octanol–water partition coefficient (Wildman–Crippen LogP) is 2.34. The fourth-order valence-corrected chi connectivity index (χ4v) is 1.88. The SMILES string of the molecule is CC(Cc1ccco1)NC(=O)c1cccc(C(=O)O)c1. The van der Waals surface area contributed by atoms with Gasteiger partial charge in [0.2, 0.25) is 0 Å². The maximum absolute atomic E-state index is 12.0. The molecule has 2 aromatic rings. The molecule has 0 aliphatic rings. The van der Waals surface area contributed by atoms with Gasteiger partial charge in [0.25, 0.3) is 5.91 Å². The number of aromatic carboxylic acids is 1. The van der Waals surface area contributed by atoms with Crippen LogP contribution >= 0.6 is 0 Å². The van der Waals surface area contributed by atoms with Crippen molar-refractivity contribution in [3.8, 4) is 0 Å². The van der Waals surface area contributed by atoms with Crippen LogP contribution in [0.5, 0.6) is 0 Å². The minimum Gasteiger partial charge on any atom is -0.478 e. The second-order valence-electron chi connectivity index (χ2n) is 4.54. The van der Waals surface area contributed by atoms with E-state index in [4.69, 9.17) is 9.52 Å². The third kappa shape index (κ3) is 3.47. The van der Waals surface area contributed by atoms with Crippen molar-refractivity contribution in [3.63, 3.8) is 0 Å². The fourth-order valence-electron chi connectivity index (χ4n) is 1.88. The largest absolute Gasteiger partial charge is 0.478 e. The Kier molecular flexibility index (Phi) is 4.20. The maximum Gasteiger partial charge on any atom is 0.335 e. The quantitative estimate of drug-likeness (QED) is 0.876. The molecule has 1 atom stereocenters. The van der Waals surface area contributed by atoms with Crippen LogP contribution in [-0.2, 0) is 6.42 Å². The summed E-state index contributed by atoms with van der Waals surface area (Å²) in [6.07, 6.45) is 2.16. The lowest BCUT2D eigenvalue weighted by Gasteiger charge is -2.12. The molecule has 1 aromatic carbocycles. The van der Waals surface area contributed by atoms with Gasteiger partial charge in [0, 0.05) is 18.0 Å². The highest BCUT2D eigenvalue weighted by molar-refractivity contribution is 5.97. The second kappa shape index (κ2) is 6.06. The molecule has 1 heterocycles. The first-order chi connectivity index (χ1) is 9.56. The summed E-state index contributed by atoms with van der Waals surface area (Å²) in [6, 6.07) is 9.47. The number of furan rings is 1. The van der Waals surface area contributed by atoms with Gasteiger partial charge in [-0.05, 0) is 37.3 Å². The lowest BCUT2D eigenvalue weighted by Crippen LogP contribution is -2.34. The Balaban J connectivity index is 2.00. The zero-order chi connectivity index (χ0) is 14.5. The van der Waals surface area contributed by atoms with Crippen LogP contribution < -0.4 is 5.32 Å². The molecule has 1 amide bonds. The Morgan fingerprint density at radius 3 is 2.65 bits per heavy atom. The molecule has 0 aliphatic carbocycles. The summed E-state index contributed by atoms with van der Waals surface area (Å²) < 4.78 is 5.21. The Morgan fingerprint density at radius 2 is 2.00 bits per heavy atom. The summed E-state index contributed by atoms with van der Waals surface area (Å²) in [5, 5.41) is 11.7. The standard InChI is InChI=1S/C15H15NO4/c1-10(8-13-6-3-7-20-13)16-14(17)11-4-2-5-12(9-11)15(18)19/h2-7,9-10H,8H2,1H3,(H,16,17)(H,18,19). The molecule has 0 saturated carbocycles. The lowest BCUT2D eigenvalue weighted by molar-refractivity contribution is 0.0697. The van der Waals surface area contributed by atoms with E-state index in [1.165, 1.54) is 12.1 Å². The normalized spacial score (nSPS) is 11.8. The third-order valence-corrected chi connectivity index (χ3v) is 2.84. The van der Waals surface area contributed by atoms with Crippen LogP contribution in [0.3, 0.4) is 0 Å². The lowest BCUT2D eigenvalue weighted by atomic mass is 10.1. The van der Waals surface area contributed by atoms with Gasteiger partial charge in [-0.25, -0.2) is 4.79 Å². The second-order valence-corrected chi connectivity index (χ2v) is 4.54. The molecule has 2 rings (SSSR count). The number of amides is 1. The van der Waals surface area contributed by atoms with E-state index in [-0.39, 0.29) is 17.5 Å². The van der Waals surface area contributed by atoms with Crippen molar-refractivity contribution < 1.29 is 19.1 Å². The highest BCUT2D eigenvalue weighted by Gasteiger charge is 2.13. The molecule has 0 saturated heterocycles. The fraction of sp³-hybridized carbons (Fsp3) is 0.200. The van der Waals surface area contributed by atoms with Crippen molar-refractivity contribution >= 4 is 11.9 Å². The van der Waals surface area contributed by atoms with Gasteiger partial charge in [-0.1, -0.05) is 6.07 Å². The minimum absolute atomic E-state index is 0.0938. The maximum atomic E-state index is 12.0. The molecule has 0 spiro atoms. The topological polar surface area (TPSA) is 79.5 Å². The van der Waals surface area contributed by atoms with Crippen molar-refractivity contribution in [2.24, 2.45) is 0 Å². The Bertz CT molecular complexity index is 604. The summed E-state index contributed by atoms with van der Waals surface area (Å²) in [6.45, 7) is 1.86. The van der Waals surface area contributed by atoms with E-state index in [1.807, 2.05) is 13.0 Å². The molecule has 2 N–H and O–H groups in total. The van der Waals surface area contributed by atoms with E-state index in [0.29, 0.717) is 12.0 Å². The van der Waals surface area contributed by atoms with Gasteiger partial charge >= 0.3 is 5.97 Å². The third-order valence-electron chi connectivity index (χ3n) is 2.84. The van der Waals surface area contributed by atoms with Crippen molar-refractivity contribution in [3.05, 3.63) is 59.5 Å². The Labute approximate surface area is 116 Å². The highest BCUT2D eigenvalue weighted by Crippen LogP contribution is 2.08. The molecule has 1 unspecified atom stereocenters. The highest BCUT2D eigenvalue weighted by atomic mass is 16.4. The van der Waals surface area contributed by atoms with Crippen LogP contribution in [0.2, 0.25) is 0 Å². The van der Waals surface area contributed by atoms with E-state index in [1.54, 1.807) is 24.5 Å². The molecule has 5 nitrogen and oxygen atoms in total. The molecule has 104 valence electrons. The van der Waals surface area contributed by atoms with Gasteiger partial charge in [-0.15, -0.1) is 0 Å². The van der Waals surface area contributed by atoms with E-state index < -0.39 is 5.97 Å². The monoisotopic (exact) mass is 273 g/mol. The van der Waals surface area contributed by atoms with E-state index in [9.17, 15) is 9.59 Å². The van der Waals surface area contributed by atoms with E-state index >= 15 is 0 Å². The molecule has 0 aliphatic heterocycles. The first-order valence-electron chi connectivity index (χ1n) is 6.23. The first kappa shape index (κ1) is 13.9. The number of hydrogen-bond donors (Lipinski definition) is 2. The zero-order valence-corrected chi connectivity index (χ0v) is 11.0. The Hall–Kier alpha value is -2.56.